The lowest BCUT2D eigenvalue weighted by atomic mass is 10.1. The molecule has 7 heteroatoms. The summed E-state index contributed by atoms with van der Waals surface area (Å²) in [6.07, 6.45) is 0.262. The number of rotatable bonds is 6. The van der Waals surface area contributed by atoms with Crippen LogP contribution in [0, 0.1) is 6.92 Å². The summed E-state index contributed by atoms with van der Waals surface area (Å²) < 4.78 is 5.60. The SMILES string of the molecule is Cc1nc(C(=O)N(C)C)ccc1C(=O)NCc1cccc(CN2CCOC(C)C2)c1. The number of hydrogen-bond donors (Lipinski definition) is 1. The van der Waals surface area contributed by atoms with Gasteiger partial charge in [-0.3, -0.25) is 14.5 Å². The smallest absolute Gasteiger partial charge is 0.271 e. The van der Waals surface area contributed by atoms with Gasteiger partial charge in [0.15, 0.2) is 0 Å². The predicted molar refractivity (Wildman–Crippen MR) is 115 cm³/mol. The summed E-state index contributed by atoms with van der Waals surface area (Å²) in [6, 6.07) is 11.5. The Labute approximate surface area is 178 Å². The number of ether oxygens (including phenoxy) is 1. The fourth-order valence-corrected chi connectivity index (χ4v) is 3.56. The number of amides is 2. The molecule has 7 nitrogen and oxygen atoms in total. The van der Waals surface area contributed by atoms with Gasteiger partial charge in [-0.05, 0) is 37.1 Å². The molecule has 3 rings (SSSR count). The summed E-state index contributed by atoms with van der Waals surface area (Å²) in [7, 11) is 3.35. The maximum Gasteiger partial charge on any atom is 0.271 e. The first kappa shape index (κ1) is 21.9. The van der Waals surface area contributed by atoms with Crippen LogP contribution in [0.4, 0.5) is 0 Å². The van der Waals surface area contributed by atoms with E-state index < -0.39 is 0 Å². The van der Waals surface area contributed by atoms with Crippen molar-refractivity contribution in [3.8, 4) is 0 Å². The van der Waals surface area contributed by atoms with Crippen LogP contribution in [0.3, 0.4) is 0 Å². The van der Waals surface area contributed by atoms with E-state index in [-0.39, 0.29) is 17.9 Å². The molecule has 0 radical (unpaired) electrons. The third-order valence-corrected chi connectivity index (χ3v) is 5.13. The zero-order chi connectivity index (χ0) is 21.7. The van der Waals surface area contributed by atoms with E-state index in [9.17, 15) is 9.59 Å². The fourth-order valence-electron chi connectivity index (χ4n) is 3.56. The van der Waals surface area contributed by atoms with Crippen LogP contribution in [0.5, 0.6) is 0 Å². The zero-order valence-electron chi connectivity index (χ0n) is 18.1. The maximum absolute atomic E-state index is 12.6. The second kappa shape index (κ2) is 9.82. The minimum atomic E-state index is -0.198. The van der Waals surface area contributed by atoms with Crippen molar-refractivity contribution in [2.24, 2.45) is 0 Å². The molecule has 0 aliphatic carbocycles. The molecule has 1 N–H and O–H groups in total. The number of benzene rings is 1. The second-order valence-corrected chi connectivity index (χ2v) is 7.95. The van der Waals surface area contributed by atoms with Crippen molar-refractivity contribution in [3.05, 3.63) is 64.5 Å². The monoisotopic (exact) mass is 410 g/mol. The molecule has 1 fully saturated rings. The average molecular weight is 411 g/mol. The Morgan fingerprint density at radius 2 is 2.00 bits per heavy atom. The van der Waals surface area contributed by atoms with Gasteiger partial charge >= 0.3 is 0 Å². The average Bonchev–Trinajstić information content (AvgIpc) is 2.71. The number of aryl methyl sites for hydroxylation is 1. The van der Waals surface area contributed by atoms with Crippen LogP contribution < -0.4 is 5.32 Å². The molecule has 30 heavy (non-hydrogen) atoms. The van der Waals surface area contributed by atoms with Crippen LogP contribution in [-0.2, 0) is 17.8 Å². The summed E-state index contributed by atoms with van der Waals surface area (Å²) in [5.74, 6) is -0.382. The highest BCUT2D eigenvalue weighted by Crippen LogP contribution is 2.13. The van der Waals surface area contributed by atoms with Gasteiger partial charge in [0.25, 0.3) is 11.8 Å². The van der Waals surface area contributed by atoms with Gasteiger partial charge in [0, 0.05) is 40.3 Å². The standard InChI is InChI=1S/C23H30N4O3/c1-16-14-27(10-11-30-16)15-19-7-5-6-18(12-19)13-24-22(28)20-8-9-21(25-17(20)2)23(29)26(3)4/h5-9,12,16H,10-11,13-15H2,1-4H3,(H,24,28). The Hall–Kier alpha value is -2.77. The van der Waals surface area contributed by atoms with E-state index in [1.165, 1.54) is 10.5 Å². The molecule has 1 aliphatic heterocycles. The van der Waals surface area contributed by atoms with E-state index in [0.29, 0.717) is 23.5 Å². The normalized spacial score (nSPS) is 16.9. The van der Waals surface area contributed by atoms with Crippen LogP contribution >= 0.6 is 0 Å². The molecule has 1 aliphatic rings. The minimum absolute atomic E-state index is 0.184. The first-order valence-corrected chi connectivity index (χ1v) is 10.2. The van der Waals surface area contributed by atoms with Crippen LogP contribution in [0.1, 0.15) is 44.6 Å². The maximum atomic E-state index is 12.6. The molecule has 0 saturated carbocycles. The van der Waals surface area contributed by atoms with E-state index >= 15 is 0 Å². The summed E-state index contributed by atoms with van der Waals surface area (Å²) in [6.45, 7) is 7.78. The van der Waals surface area contributed by atoms with Gasteiger partial charge in [-0.1, -0.05) is 24.3 Å². The number of carbonyl (C=O) groups is 2. The Morgan fingerprint density at radius 3 is 2.70 bits per heavy atom. The molecule has 1 aromatic carbocycles. The highest BCUT2D eigenvalue weighted by molar-refractivity contribution is 5.97. The number of carbonyl (C=O) groups excluding carboxylic acids is 2. The first-order valence-electron chi connectivity index (χ1n) is 10.2. The van der Waals surface area contributed by atoms with Gasteiger partial charge in [0.1, 0.15) is 5.69 Å². The Balaban J connectivity index is 1.60. The first-order chi connectivity index (χ1) is 14.3. The highest BCUT2D eigenvalue weighted by atomic mass is 16.5. The van der Waals surface area contributed by atoms with E-state index in [4.69, 9.17) is 4.74 Å². The molecule has 2 amide bonds. The molecule has 2 aromatic rings. The molecule has 0 spiro atoms. The molecule has 160 valence electrons. The molecule has 1 aromatic heterocycles. The lowest BCUT2D eigenvalue weighted by Crippen LogP contribution is -2.40. The molecule has 0 bridgehead atoms. The van der Waals surface area contributed by atoms with E-state index in [1.54, 1.807) is 33.2 Å². The number of morpholine rings is 1. The molecular weight excluding hydrogens is 380 g/mol. The number of pyridine rings is 1. The van der Waals surface area contributed by atoms with Crippen molar-refractivity contribution < 1.29 is 14.3 Å². The third-order valence-electron chi connectivity index (χ3n) is 5.13. The van der Waals surface area contributed by atoms with Crippen LogP contribution in [0.25, 0.3) is 0 Å². The van der Waals surface area contributed by atoms with Gasteiger partial charge in [-0.15, -0.1) is 0 Å². The summed E-state index contributed by atoms with van der Waals surface area (Å²) in [5, 5.41) is 2.96. The van der Waals surface area contributed by atoms with Gasteiger partial charge in [-0.2, -0.15) is 0 Å². The topological polar surface area (TPSA) is 74.8 Å². The largest absolute Gasteiger partial charge is 0.376 e. The Bertz CT molecular complexity index is 913. The van der Waals surface area contributed by atoms with E-state index in [2.05, 4.69) is 34.3 Å². The van der Waals surface area contributed by atoms with Crippen molar-refractivity contribution in [2.75, 3.05) is 33.8 Å². The van der Waals surface area contributed by atoms with Crippen LogP contribution in [0.2, 0.25) is 0 Å². The number of hydrogen-bond acceptors (Lipinski definition) is 5. The van der Waals surface area contributed by atoms with Gasteiger partial charge in [0.05, 0.1) is 24.0 Å². The van der Waals surface area contributed by atoms with E-state index in [1.807, 2.05) is 12.1 Å². The molecular formula is C23H30N4O3. The minimum Gasteiger partial charge on any atom is -0.376 e. The van der Waals surface area contributed by atoms with Crippen molar-refractivity contribution in [2.45, 2.75) is 33.0 Å². The van der Waals surface area contributed by atoms with E-state index in [0.717, 1.165) is 31.8 Å². The number of nitrogens with one attached hydrogen (secondary N) is 1. The third kappa shape index (κ3) is 5.64. The number of nitrogens with zero attached hydrogens (tertiary/aromatic N) is 3. The Morgan fingerprint density at radius 1 is 1.23 bits per heavy atom. The van der Waals surface area contributed by atoms with Crippen LogP contribution in [-0.4, -0.2) is 66.5 Å². The fraction of sp³-hybridized carbons (Fsp3) is 0.435. The molecule has 1 unspecified atom stereocenters. The molecule has 1 atom stereocenters. The van der Waals surface area contributed by atoms with Crippen molar-refractivity contribution >= 4 is 11.8 Å². The number of aromatic nitrogens is 1. The quantitative estimate of drug-likeness (QED) is 0.791. The lowest BCUT2D eigenvalue weighted by Gasteiger charge is -2.31. The van der Waals surface area contributed by atoms with Gasteiger partial charge in [0.2, 0.25) is 0 Å². The molecule has 2 heterocycles. The lowest BCUT2D eigenvalue weighted by molar-refractivity contribution is -0.0212. The molecule has 1 saturated heterocycles. The summed E-state index contributed by atoms with van der Waals surface area (Å²) in [4.78, 5) is 32.8. The summed E-state index contributed by atoms with van der Waals surface area (Å²) >= 11 is 0. The van der Waals surface area contributed by atoms with Crippen molar-refractivity contribution in [1.82, 2.24) is 20.1 Å². The van der Waals surface area contributed by atoms with Gasteiger partial charge < -0.3 is 15.0 Å². The predicted octanol–water partition coefficient (Wildman–Crippen LogP) is 2.24. The van der Waals surface area contributed by atoms with Crippen molar-refractivity contribution in [3.63, 3.8) is 0 Å². The van der Waals surface area contributed by atoms with Crippen LogP contribution in [0.15, 0.2) is 36.4 Å². The zero-order valence-corrected chi connectivity index (χ0v) is 18.1. The Kier molecular flexibility index (Phi) is 7.18. The highest BCUT2D eigenvalue weighted by Gasteiger charge is 2.17. The van der Waals surface area contributed by atoms with Crippen molar-refractivity contribution in [1.29, 1.82) is 0 Å². The summed E-state index contributed by atoms with van der Waals surface area (Å²) in [5.41, 5.74) is 3.62. The van der Waals surface area contributed by atoms with Gasteiger partial charge in [-0.25, -0.2) is 4.98 Å². The second-order valence-electron chi connectivity index (χ2n) is 7.95.